The number of carbonyl (C=O) groups excluding carboxylic acids is 2. The number of benzene rings is 2. The van der Waals surface area contributed by atoms with E-state index in [1.165, 1.54) is 17.8 Å². The van der Waals surface area contributed by atoms with Crippen LogP contribution in [0, 0.1) is 6.92 Å². The number of rotatable bonds is 7. The van der Waals surface area contributed by atoms with Crippen molar-refractivity contribution in [2.45, 2.75) is 26.3 Å². The molecule has 1 atom stereocenters. The smallest absolute Gasteiger partial charge is 0.319 e. The third-order valence-corrected chi connectivity index (χ3v) is 5.15. The van der Waals surface area contributed by atoms with Crippen molar-refractivity contribution in [1.82, 2.24) is 9.88 Å². The molecular weight excluding hydrogens is 422 g/mol. The van der Waals surface area contributed by atoms with Crippen LogP contribution in [0.2, 0.25) is 0 Å². The zero-order valence-corrected chi connectivity index (χ0v) is 18.8. The fraction of sp³-hybridized carbons (Fsp3) is 0.240. The molecule has 1 heterocycles. The van der Waals surface area contributed by atoms with Gasteiger partial charge in [-0.1, -0.05) is 48.5 Å². The zero-order valence-electron chi connectivity index (χ0n) is 18.8. The highest BCUT2D eigenvalue weighted by Gasteiger charge is 2.22. The van der Waals surface area contributed by atoms with Gasteiger partial charge in [-0.3, -0.25) is 9.59 Å². The summed E-state index contributed by atoms with van der Waals surface area (Å²) in [6.07, 6.45) is 1.37. The van der Waals surface area contributed by atoms with Gasteiger partial charge < -0.3 is 25.0 Å². The Morgan fingerprint density at radius 2 is 1.79 bits per heavy atom. The standard InChI is InChI=1S/C25H27N3O5/c1-4-33-21(29)14-20(19-12-8-11-18(13-19)17-9-6-5-7-10-17)26-25(32)27-22-23(30)16(2)15-28(3)24(22)31/h5-13,15,20,30H,4,14H2,1-3H3,(H2,26,27,32)/t20-/m0/s1. The summed E-state index contributed by atoms with van der Waals surface area (Å²) in [6.45, 7) is 3.55. The van der Waals surface area contributed by atoms with Gasteiger partial charge in [-0.05, 0) is 36.6 Å². The molecule has 0 saturated heterocycles. The van der Waals surface area contributed by atoms with E-state index in [1.54, 1.807) is 19.9 Å². The fourth-order valence-electron chi connectivity index (χ4n) is 3.51. The third kappa shape index (κ3) is 5.79. The summed E-state index contributed by atoms with van der Waals surface area (Å²) in [5.41, 5.74) is 2.26. The first-order chi connectivity index (χ1) is 15.8. The van der Waals surface area contributed by atoms with E-state index in [-0.39, 0.29) is 24.5 Å². The van der Waals surface area contributed by atoms with E-state index in [9.17, 15) is 19.5 Å². The number of aromatic hydroxyl groups is 1. The number of hydrogen-bond acceptors (Lipinski definition) is 5. The highest BCUT2D eigenvalue weighted by Crippen LogP contribution is 2.26. The van der Waals surface area contributed by atoms with Crippen LogP contribution in [0.3, 0.4) is 0 Å². The van der Waals surface area contributed by atoms with E-state index in [4.69, 9.17) is 4.74 Å². The van der Waals surface area contributed by atoms with Crippen molar-refractivity contribution in [3.63, 3.8) is 0 Å². The Bertz CT molecular complexity index is 1200. The van der Waals surface area contributed by atoms with Gasteiger partial charge in [0.15, 0.2) is 5.69 Å². The van der Waals surface area contributed by atoms with Gasteiger partial charge in [-0.2, -0.15) is 0 Å². The largest absolute Gasteiger partial charge is 0.505 e. The van der Waals surface area contributed by atoms with Gasteiger partial charge in [0.1, 0.15) is 5.75 Å². The average Bonchev–Trinajstić information content (AvgIpc) is 2.81. The first-order valence-corrected chi connectivity index (χ1v) is 10.6. The first kappa shape index (κ1) is 23.6. The van der Waals surface area contributed by atoms with Crippen LogP contribution in [0.15, 0.2) is 65.6 Å². The molecule has 0 aliphatic heterocycles. The minimum atomic E-state index is -0.729. The Morgan fingerprint density at radius 1 is 1.09 bits per heavy atom. The lowest BCUT2D eigenvalue weighted by atomic mass is 9.98. The van der Waals surface area contributed by atoms with E-state index in [0.29, 0.717) is 11.1 Å². The van der Waals surface area contributed by atoms with Crippen LogP contribution in [0.5, 0.6) is 5.75 Å². The number of pyridine rings is 1. The lowest BCUT2D eigenvalue weighted by Gasteiger charge is -2.20. The molecule has 0 unspecified atom stereocenters. The minimum absolute atomic E-state index is 0.0999. The average molecular weight is 450 g/mol. The summed E-state index contributed by atoms with van der Waals surface area (Å²) in [4.78, 5) is 37.4. The number of urea groups is 1. The van der Waals surface area contributed by atoms with E-state index in [2.05, 4.69) is 10.6 Å². The minimum Gasteiger partial charge on any atom is -0.505 e. The quantitative estimate of drug-likeness (QED) is 0.474. The van der Waals surface area contributed by atoms with Crippen molar-refractivity contribution < 1.29 is 19.4 Å². The molecule has 3 rings (SSSR count). The predicted molar refractivity (Wildman–Crippen MR) is 126 cm³/mol. The summed E-state index contributed by atoms with van der Waals surface area (Å²) in [6, 6.07) is 15.8. The second kappa shape index (κ2) is 10.5. The van der Waals surface area contributed by atoms with Crippen LogP contribution in [0.4, 0.5) is 10.5 Å². The second-order valence-corrected chi connectivity index (χ2v) is 7.60. The van der Waals surface area contributed by atoms with Crippen LogP contribution < -0.4 is 16.2 Å². The number of esters is 1. The molecule has 8 nitrogen and oxygen atoms in total. The number of aromatic nitrogens is 1. The summed E-state index contributed by atoms with van der Waals surface area (Å²) >= 11 is 0. The number of aryl methyl sites for hydroxylation is 2. The number of carbonyl (C=O) groups is 2. The monoisotopic (exact) mass is 449 g/mol. The van der Waals surface area contributed by atoms with Gasteiger partial charge in [0, 0.05) is 18.8 Å². The van der Waals surface area contributed by atoms with E-state index < -0.39 is 23.6 Å². The van der Waals surface area contributed by atoms with E-state index >= 15 is 0 Å². The van der Waals surface area contributed by atoms with Gasteiger partial charge in [-0.25, -0.2) is 4.79 Å². The number of amides is 2. The van der Waals surface area contributed by atoms with Crippen molar-refractivity contribution in [2.75, 3.05) is 11.9 Å². The van der Waals surface area contributed by atoms with Gasteiger partial charge in [0.2, 0.25) is 0 Å². The Morgan fingerprint density at radius 3 is 2.48 bits per heavy atom. The van der Waals surface area contributed by atoms with Crippen LogP contribution in [0.25, 0.3) is 11.1 Å². The Kier molecular flexibility index (Phi) is 7.50. The highest BCUT2D eigenvalue weighted by atomic mass is 16.5. The molecule has 8 heteroatoms. The molecule has 0 aliphatic carbocycles. The SMILES string of the molecule is CCOC(=O)C[C@H](NC(=O)Nc1c(O)c(C)cn(C)c1=O)c1cccc(-c2ccccc2)c1. The van der Waals surface area contributed by atoms with E-state index in [0.717, 1.165) is 11.1 Å². The molecule has 0 saturated carbocycles. The molecule has 3 N–H and O–H groups in total. The number of anilines is 1. The molecule has 0 bridgehead atoms. The molecule has 0 aliphatic rings. The van der Waals surface area contributed by atoms with Crippen LogP contribution in [0.1, 0.15) is 30.5 Å². The number of hydrogen-bond donors (Lipinski definition) is 3. The lowest BCUT2D eigenvalue weighted by Crippen LogP contribution is -2.36. The van der Waals surface area contributed by atoms with Crippen molar-refractivity contribution in [2.24, 2.45) is 7.05 Å². The molecule has 0 spiro atoms. The maximum absolute atomic E-state index is 12.8. The van der Waals surface area contributed by atoms with Crippen LogP contribution >= 0.6 is 0 Å². The molecule has 3 aromatic rings. The van der Waals surface area contributed by atoms with Crippen LogP contribution in [-0.4, -0.2) is 28.3 Å². The van der Waals surface area contributed by atoms with Crippen molar-refractivity contribution >= 4 is 17.7 Å². The lowest BCUT2D eigenvalue weighted by molar-refractivity contribution is -0.143. The molecule has 2 aromatic carbocycles. The van der Waals surface area contributed by atoms with Crippen molar-refractivity contribution in [1.29, 1.82) is 0 Å². The topological polar surface area (TPSA) is 110 Å². The molecule has 172 valence electrons. The molecule has 0 radical (unpaired) electrons. The maximum Gasteiger partial charge on any atom is 0.319 e. The van der Waals surface area contributed by atoms with Crippen LogP contribution in [-0.2, 0) is 16.6 Å². The van der Waals surface area contributed by atoms with Crippen molar-refractivity contribution in [3.05, 3.63) is 82.3 Å². The molecule has 33 heavy (non-hydrogen) atoms. The van der Waals surface area contributed by atoms with Gasteiger partial charge in [-0.15, -0.1) is 0 Å². The Labute approximate surface area is 191 Å². The van der Waals surface area contributed by atoms with E-state index in [1.807, 2.05) is 48.5 Å². The molecular formula is C25H27N3O5. The number of nitrogens with zero attached hydrogens (tertiary/aromatic N) is 1. The predicted octanol–water partition coefficient (Wildman–Crippen LogP) is 3.88. The zero-order chi connectivity index (χ0) is 24.0. The Balaban J connectivity index is 1.89. The maximum atomic E-state index is 12.8. The Hall–Kier alpha value is -4.07. The molecule has 0 fully saturated rings. The summed E-state index contributed by atoms with van der Waals surface area (Å²) < 4.78 is 6.34. The highest BCUT2D eigenvalue weighted by molar-refractivity contribution is 5.91. The van der Waals surface area contributed by atoms with Gasteiger partial charge in [0.05, 0.1) is 19.1 Å². The summed E-state index contributed by atoms with van der Waals surface area (Å²) in [5.74, 6) is -0.775. The number of nitrogens with one attached hydrogen (secondary N) is 2. The molecule has 1 aromatic heterocycles. The normalized spacial score (nSPS) is 11.5. The second-order valence-electron chi connectivity index (χ2n) is 7.60. The number of ether oxygens (including phenoxy) is 1. The summed E-state index contributed by atoms with van der Waals surface area (Å²) in [7, 11) is 1.52. The summed E-state index contributed by atoms with van der Waals surface area (Å²) in [5, 5.41) is 15.4. The fourth-order valence-corrected chi connectivity index (χ4v) is 3.51. The van der Waals surface area contributed by atoms with Gasteiger partial charge >= 0.3 is 12.0 Å². The molecule has 2 amide bonds. The van der Waals surface area contributed by atoms with Crippen molar-refractivity contribution in [3.8, 4) is 16.9 Å². The van der Waals surface area contributed by atoms with Gasteiger partial charge in [0.25, 0.3) is 5.56 Å². The first-order valence-electron chi connectivity index (χ1n) is 10.6. The third-order valence-electron chi connectivity index (χ3n) is 5.15.